The predicted molar refractivity (Wildman–Crippen MR) is 93.4 cm³/mol. The number of nitrogens with zero attached hydrogens (tertiary/aromatic N) is 4. The molecule has 1 saturated heterocycles. The number of fused-ring (bicyclic) bond motifs is 2. The maximum absolute atomic E-state index is 12.8. The number of aromatic nitrogens is 3. The summed E-state index contributed by atoms with van der Waals surface area (Å²) in [5.74, 6) is 0.654. The molecule has 7 nitrogen and oxygen atoms in total. The zero-order valence-corrected chi connectivity index (χ0v) is 14.2. The van der Waals surface area contributed by atoms with Crippen LogP contribution in [0.5, 0.6) is 0 Å². The summed E-state index contributed by atoms with van der Waals surface area (Å²) in [4.78, 5) is 19.0. The molecular formula is C19H20N4O3. The summed E-state index contributed by atoms with van der Waals surface area (Å²) in [5, 5.41) is 14.8. The molecule has 1 saturated carbocycles. The number of carbonyl (C=O) groups is 1. The Morgan fingerprint density at radius 3 is 2.73 bits per heavy atom. The lowest BCUT2D eigenvalue weighted by molar-refractivity contribution is 0.0306. The maximum Gasteiger partial charge on any atom is 0.309 e. The van der Waals surface area contributed by atoms with Gasteiger partial charge < -0.3 is 14.4 Å². The molecule has 0 spiro atoms. The van der Waals surface area contributed by atoms with Gasteiger partial charge in [-0.3, -0.25) is 9.48 Å². The van der Waals surface area contributed by atoms with Gasteiger partial charge in [0.15, 0.2) is 5.58 Å². The molecular weight excluding hydrogens is 332 g/mol. The minimum Gasteiger partial charge on any atom is -0.432 e. The van der Waals surface area contributed by atoms with Crippen molar-refractivity contribution in [1.82, 2.24) is 19.7 Å². The third-order valence-electron chi connectivity index (χ3n) is 5.74. The van der Waals surface area contributed by atoms with E-state index in [1.54, 1.807) is 6.20 Å². The second-order valence-electron chi connectivity index (χ2n) is 7.31. The van der Waals surface area contributed by atoms with Gasteiger partial charge in [0.1, 0.15) is 5.52 Å². The number of amides is 1. The number of likely N-dealkylation sites (tertiary alicyclic amines) is 1. The first-order valence-corrected chi connectivity index (χ1v) is 9.01. The lowest BCUT2D eigenvalue weighted by atomic mass is 9.77. The van der Waals surface area contributed by atoms with Gasteiger partial charge in [0, 0.05) is 25.5 Å². The fraction of sp³-hybridized carbons (Fsp3) is 0.421. The van der Waals surface area contributed by atoms with Gasteiger partial charge in [0.25, 0.3) is 5.89 Å². The average molecular weight is 352 g/mol. The Balaban J connectivity index is 1.34. The Morgan fingerprint density at radius 1 is 1.15 bits per heavy atom. The molecule has 2 fully saturated rings. The zero-order valence-electron chi connectivity index (χ0n) is 14.2. The van der Waals surface area contributed by atoms with E-state index in [0.29, 0.717) is 42.4 Å². The molecule has 0 radical (unpaired) electrons. The predicted octanol–water partition coefficient (Wildman–Crippen LogP) is 2.11. The Kier molecular flexibility index (Phi) is 3.56. The van der Waals surface area contributed by atoms with Crippen LogP contribution in [0.25, 0.3) is 11.1 Å². The largest absolute Gasteiger partial charge is 0.432 e. The summed E-state index contributed by atoms with van der Waals surface area (Å²) in [6, 6.07) is 9.24. The summed E-state index contributed by atoms with van der Waals surface area (Å²) < 4.78 is 7.47. The van der Waals surface area contributed by atoms with Crippen molar-refractivity contribution in [2.24, 2.45) is 11.8 Å². The molecule has 1 aliphatic carbocycles. The number of aliphatic hydroxyl groups excluding tert-OH is 1. The van der Waals surface area contributed by atoms with E-state index in [2.05, 4.69) is 10.1 Å². The number of benzene rings is 1. The normalized spacial score (nSPS) is 28.4. The molecule has 4 atom stereocenters. The topological polar surface area (TPSA) is 84.4 Å². The quantitative estimate of drug-likeness (QED) is 0.764. The lowest BCUT2D eigenvalue weighted by Crippen LogP contribution is -2.36. The number of hydrogen-bond acceptors (Lipinski definition) is 5. The molecule has 5 rings (SSSR count). The van der Waals surface area contributed by atoms with Crippen molar-refractivity contribution in [3.05, 3.63) is 48.6 Å². The lowest BCUT2D eigenvalue weighted by Gasteiger charge is -2.35. The van der Waals surface area contributed by atoms with E-state index in [0.717, 1.165) is 6.42 Å². The molecule has 7 heteroatoms. The van der Waals surface area contributed by atoms with Crippen LogP contribution in [0.1, 0.15) is 29.6 Å². The number of para-hydroxylation sites is 2. The monoisotopic (exact) mass is 352 g/mol. The average Bonchev–Trinajstić information content (AvgIpc) is 3.38. The summed E-state index contributed by atoms with van der Waals surface area (Å²) >= 11 is 0. The molecule has 3 aromatic rings. The van der Waals surface area contributed by atoms with Crippen LogP contribution >= 0.6 is 0 Å². The van der Waals surface area contributed by atoms with E-state index < -0.39 is 6.10 Å². The molecule has 1 amide bonds. The summed E-state index contributed by atoms with van der Waals surface area (Å²) in [6.45, 7) is 1.32. The van der Waals surface area contributed by atoms with Crippen LogP contribution in [0, 0.1) is 11.8 Å². The Morgan fingerprint density at radius 2 is 1.96 bits per heavy atom. The third-order valence-corrected chi connectivity index (χ3v) is 5.74. The molecule has 0 unspecified atom stereocenters. The van der Waals surface area contributed by atoms with Crippen LogP contribution in [0.15, 0.2) is 47.1 Å². The highest BCUT2D eigenvalue weighted by Gasteiger charge is 2.44. The Bertz CT molecular complexity index is 902. The highest BCUT2D eigenvalue weighted by Crippen LogP contribution is 2.41. The smallest absolute Gasteiger partial charge is 0.309 e. The van der Waals surface area contributed by atoms with Gasteiger partial charge in [-0.1, -0.05) is 12.1 Å². The standard InChI is InChI=1S/C19H20N4O3/c24-16-9-13-11-22(10-12(13)8-15(16)23-7-3-6-20-23)19(25)18-21-14-4-1-2-5-17(14)26-18/h1-7,12-13,15-16,24H,8-11H2/t12-,13+,15-,16-/m1/s1. The van der Waals surface area contributed by atoms with E-state index in [4.69, 9.17) is 4.42 Å². The minimum absolute atomic E-state index is 0.0226. The number of aliphatic hydroxyl groups is 1. The molecule has 2 aliphatic rings. The fourth-order valence-corrected chi connectivity index (χ4v) is 4.43. The molecule has 2 aromatic heterocycles. The highest BCUT2D eigenvalue weighted by atomic mass is 16.4. The van der Waals surface area contributed by atoms with E-state index >= 15 is 0 Å². The summed E-state index contributed by atoms with van der Waals surface area (Å²) in [7, 11) is 0. The first-order valence-electron chi connectivity index (χ1n) is 9.01. The second-order valence-corrected chi connectivity index (χ2v) is 7.31. The summed E-state index contributed by atoms with van der Waals surface area (Å²) in [5.41, 5.74) is 1.32. The van der Waals surface area contributed by atoms with Crippen molar-refractivity contribution >= 4 is 17.0 Å². The molecule has 1 N–H and O–H groups in total. The van der Waals surface area contributed by atoms with E-state index in [1.807, 2.05) is 46.1 Å². The molecule has 26 heavy (non-hydrogen) atoms. The number of carbonyl (C=O) groups excluding carboxylic acids is 1. The van der Waals surface area contributed by atoms with Crippen LogP contribution in [0.4, 0.5) is 0 Å². The molecule has 1 aliphatic heterocycles. The molecule has 0 bridgehead atoms. The van der Waals surface area contributed by atoms with Gasteiger partial charge in [-0.25, -0.2) is 4.98 Å². The number of oxazole rings is 1. The molecule has 1 aromatic carbocycles. The van der Waals surface area contributed by atoms with Crippen molar-refractivity contribution in [2.45, 2.75) is 25.0 Å². The van der Waals surface area contributed by atoms with Crippen LogP contribution in [0.2, 0.25) is 0 Å². The second kappa shape index (κ2) is 5.95. The van der Waals surface area contributed by atoms with Gasteiger partial charge in [-0.15, -0.1) is 0 Å². The number of rotatable bonds is 2. The maximum atomic E-state index is 12.8. The fourth-order valence-electron chi connectivity index (χ4n) is 4.43. The third kappa shape index (κ3) is 2.50. The van der Waals surface area contributed by atoms with Crippen molar-refractivity contribution in [3.63, 3.8) is 0 Å². The van der Waals surface area contributed by atoms with Crippen LogP contribution in [0.3, 0.4) is 0 Å². The van der Waals surface area contributed by atoms with E-state index in [1.165, 1.54) is 0 Å². The van der Waals surface area contributed by atoms with Crippen LogP contribution < -0.4 is 0 Å². The first-order chi connectivity index (χ1) is 12.7. The highest BCUT2D eigenvalue weighted by molar-refractivity contribution is 5.92. The van der Waals surface area contributed by atoms with Gasteiger partial charge in [-0.05, 0) is 42.9 Å². The van der Waals surface area contributed by atoms with Crippen LogP contribution in [-0.2, 0) is 0 Å². The van der Waals surface area contributed by atoms with Gasteiger partial charge in [-0.2, -0.15) is 5.10 Å². The van der Waals surface area contributed by atoms with Crippen molar-refractivity contribution in [2.75, 3.05) is 13.1 Å². The van der Waals surface area contributed by atoms with E-state index in [-0.39, 0.29) is 17.8 Å². The van der Waals surface area contributed by atoms with Crippen molar-refractivity contribution < 1.29 is 14.3 Å². The Hall–Kier alpha value is -2.67. The van der Waals surface area contributed by atoms with Gasteiger partial charge in [0.2, 0.25) is 0 Å². The first kappa shape index (κ1) is 15.6. The van der Waals surface area contributed by atoms with Crippen molar-refractivity contribution in [3.8, 4) is 0 Å². The van der Waals surface area contributed by atoms with Gasteiger partial charge in [0.05, 0.1) is 12.1 Å². The molecule has 3 heterocycles. The SMILES string of the molecule is O=C(c1nc2ccccc2o1)N1C[C@H]2C[C@@H](n3cccn3)[C@H](O)C[C@H]2C1. The molecule has 134 valence electrons. The minimum atomic E-state index is -0.435. The summed E-state index contributed by atoms with van der Waals surface area (Å²) in [6.07, 6.45) is 4.70. The van der Waals surface area contributed by atoms with Crippen LogP contribution in [-0.4, -0.2) is 49.9 Å². The van der Waals surface area contributed by atoms with Gasteiger partial charge >= 0.3 is 5.91 Å². The Labute approximate surface area is 150 Å². The van der Waals surface area contributed by atoms with Crippen molar-refractivity contribution in [1.29, 1.82) is 0 Å². The zero-order chi connectivity index (χ0) is 17.7. The number of hydrogen-bond donors (Lipinski definition) is 1. The van der Waals surface area contributed by atoms with E-state index in [9.17, 15) is 9.90 Å².